The molecule has 0 aliphatic heterocycles. The third-order valence-electron chi connectivity index (χ3n) is 5.01. The molecule has 4 nitrogen and oxygen atoms in total. The largest absolute Gasteiger partial charge is 0.368 e. The number of hydrogen-bond acceptors (Lipinski definition) is 3. The number of primary amides is 1. The third kappa shape index (κ3) is 3.48. The number of nitrogens with two attached hydrogens (primary N) is 2. The van der Waals surface area contributed by atoms with Crippen molar-refractivity contribution in [3.8, 4) is 0 Å². The first-order valence-electron chi connectivity index (χ1n) is 7.76. The van der Waals surface area contributed by atoms with Crippen molar-refractivity contribution in [1.82, 2.24) is 4.90 Å². The van der Waals surface area contributed by atoms with E-state index in [9.17, 15) is 4.79 Å². The summed E-state index contributed by atoms with van der Waals surface area (Å²) in [5, 5.41) is 0. The van der Waals surface area contributed by atoms with E-state index in [1.807, 2.05) is 0 Å². The minimum Gasteiger partial charge on any atom is -0.368 e. The first kappa shape index (κ1) is 14.8. The molecule has 0 bridgehead atoms. The van der Waals surface area contributed by atoms with Crippen molar-refractivity contribution in [3.63, 3.8) is 0 Å². The number of carbonyl (C=O) groups is 1. The van der Waals surface area contributed by atoms with Crippen LogP contribution in [0.4, 0.5) is 0 Å². The molecule has 2 aliphatic carbocycles. The summed E-state index contributed by atoms with van der Waals surface area (Å²) in [6.07, 6.45) is 6.62. The highest BCUT2D eigenvalue weighted by molar-refractivity contribution is 5.85. The van der Waals surface area contributed by atoms with Gasteiger partial charge in [-0.25, -0.2) is 0 Å². The fraction of sp³-hybridized carbons (Fsp3) is 0.933. The number of rotatable bonds is 7. The van der Waals surface area contributed by atoms with Gasteiger partial charge in [-0.2, -0.15) is 0 Å². The van der Waals surface area contributed by atoms with E-state index >= 15 is 0 Å². The lowest BCUT2D eigenvalue weighted by Gasteiger charge is -2.32. The fourth-order valence-corrected chi connectivity index (χ4v) is 3.34. The summed E-state index contributed by atoms with van der Waals surface area (Å²) in [5.74, 6) is 0.864. The van der Waals surface area contributed by atoms with Gasteiger partial charge in [0.2, 0.25) is 5.91 Å². The number of nitrogens with zero attached hydrogens (tertiary/aromatic N) is 1. The molecule has 0 spiro atoms. The van der Waals surface area contributed by atoms with Gasteiger partial charge >= 0.3 is 0 Å². The first-order chi connectivity index (χ1) is 8.93. The van der Waals surface area contributed by atoms with Gasteiger partial charge in [-0.15, -0.1) is 0 Å². The van der Waals surface area contributed by atoms with Gasteiger partial charge < -0.3 is 16.4 Å². The SMILES string of the molecule is CC(C)N(CCC1CCCC1(N)C(N)=O)CC1CC1. The molecular weight excluding hydrogens is 238 g/mol. The van der Waals surface area contributed by atoms with Crippen LogP contribution in [-0.2, 0) is 4.79 Å². The van der Waals surface area contributed by atoms with Crippen molar-refractivity contribution in [1.29, 1.82) is 0 Å². The summed E-state index contributed by atoms with van der Waals surface area (Å²) in [4.78, 5) is 14.1. The highest BCUT2D eigenvalue weighted by Crippen LogP contribution is 2.36. The van der Waals surface area contributed by atoms with E-state index in [2.05, 4.69) is 18.7 Å². The molecule has 0 saturated heterocycles. The van der Waals surface area contributed by atoms with Crippen LogP contribution in [-0.4, -0.2) is 35.5 Å². The fourth-order valence-electron chi connectivity index (χ4n) is 3.34. The van der Waals surface area contributed by atoms with Crippen LogP contribution in [0.3, 0.4) is 0 Å². The lowest BCUT2D eigenvalue weighted by Crippen LogP contribution is -2.55. The zero-order chi connectivity index (χ0) is 14.0. The summed E-state index contributed by atoms with van der Waals surface area (Å²) in [7, 11) is 0. The predicted molar refractivity (Wildman–Crippen MR) is 77.5 cm³/mol. The van der Waals surface area contributed by atoms with Crippen LogP contribution in [0.25, 0.3) is 0 Å². The van der Waals surface area contributed by atoms with Gasteiger partial charge in [-0.1, -0.05) is 6.42 Å². The molecule has 2 atom stereocenters. The molecule has 0 aromatic heterocycles. The second-order valence-electron chi connectivity index (χ2n) is 6.81. The van der Waals surface area contributed by atoms with Crippen LogP contribution in [0.5, 0.6) is 0 Å². The molecule has 110 valence electrons. The first-order valence-corrected chi connectivity index (χ1v) is 7.76. The van der Waals surface area contributed by atoms with Gasteiger partial charge in [0.05, 0.1) is 5.54 Å². The quantitative estimate of drug-likeness (QED) is 0.734. The second kappa shape index (κ2) is 5.80. The number of amides is 1. The van der Waals surface area contributed by atoms with Gasteiger partial charge in [-0.3, -0.25) is 4.79 Å². The maximum atomic E-state index is 11.6. The maximum Gasteiger partial charge on any atom is 0.237 e. The molecule has 19 heavy (non-hydrogen) atoms. The lowest BCUT2D eigenvalue weighted by molar-refractivity contribution is -0.124. The van der Waals surface area contributed by atoms with Crippen LogP contribution in [0.1, 0.15) is 52.4 Å². The van der Waals surface area contributed by atoms with Crippen LogP contribution < -0.4 is 11.5 Å². The van der Waals surface area contributed by atoms with Crippen molar-refractivity contribution >= 4 is 5.91 Å². The Morgan fingerprint density at radius 3 is 2.58 bits per heavy atom. The van der Waals surface area contributed by atoms with Crippen molar-refractivity contribution in [2.45, 2.75) is 64.0 Å². The minimum absolute atomic E-state index is 0.269. The molecule has 2 aliphatic rings. The monoisotopic (exact) mass is 267 g/mol. The average Bonchev–Trinajstić information content (AvgIpc) is 3.07. The normalized spacial score (nSPS) is 31.3. The predicted octanol–water partition coefficient (Wildman–Crippen LogP) is 1.48. The molecule has 2 fully saturated rings. The molecule has 0 aromatic carbocycles. The molecule has 2 rings (SSSR count). The van der Waals surface area contributed by atoms with Crippen LogP contribution >= 0.6 is 0 Å². The Kier molecular flexibility index (Phi) is 4.51. The standard InChI is InChI=1S/C15H29N3O/c1-11(2)18(10-12-5-6-12)9-7-13-4-3-8-15(13,17)14(16)19/h11-13H,3-10,17H2,1-2H3,(H2,16,19). The third-order valence-corrected chi connectivity index (χ3v) is 5.01. The minimum atomic E-state index is -0.748. The maximum absolute atomic E-state index is 11.6. The van der Waals surface area contributed by atoms with Crippen molar-refractivity contribution in [3.05, 3.63) is 0 Å². The second-order valence-corrected chi connectivity index (χ2v) is 6.81. The summed E-state index contributed by atoms with van der Waals surface area (Å²) in [6.45, 7) is 6.76. The van der Waals surface area contributed by atoms with Gasteiger partial charge in [-0.05, 0) is 64.3 Å². The highest BCUT2D eigenvalue weighted by atomic mass is 16.1. The Labute approximate surface area is 116 Å². The summed E-state index contributed by atoms with van der Waals surface area (Å²) < 4.78 is 0. The van der Waals surface area contributed by atoms with Gasteiger partial charge in [0.25, 0.3) is 0 Å². The smallest absolute Gasteiger partial charge is 0.237 e. The number of hydrogen-bond donors (Lipinski definition) is 2. The molecule has 2 unspecified atom stereocenters. The van der Waals surface area contributed by atoms with Crippen LogP contribution in [0.2, 0.25) is 0 Å². The van der Waals surface area contributed by atoms with Crippen molar-refractivity contribution in [2.24, 2.45) is 23.3 Å². The highest BCUT2D eigenvalue weighted by Gasteiger charge is 2.44. The van der Waals surface area contributed by atoms with Crippen molar-refractivity contribution in [2.75, 3.05) is 13.1 Å². The van der Waals surface area contributed by atoms with Crippen LogP contribution in [0.15, 0.2) is 0 Å². The molecule has 0 aromatic rings. The molecule has 1 amide bonds. The Hall–Kier alpha value is -0.610. The average molecular weight is 267 g/mol. The molecule has 2 saturated carbocycles. The molecule has 4 N–H and O–H groups in total. The molecule has 0 radical (unpaired) electrons. The Balaban J connectivity index is 1.87. The van der Waals surface area contributed by atoms with Crippen LogP contribution in [0, 0.1) is 11.8 Å². The Morgan fingerprint density at radius 1 is 1.37 bits per heavy atom. The summed E-state index contributed by atoms with van der Waals surface area (Å²) >= 11 is 0. The number of carbonyl (C=O) groups excluding carboxylic acids is 1. The molecule has 0 heterocycles. The Bertz CT molecular complexity index is 327. The van der Waals surface area contributed by atoms with Gasteiger partial charge in [0, 0.05) is 12.6 Å². The lowest BCUT2D eigenvalue weighted by atomic mass is 9.85. The zero-order valence-electron chi connectivity index (χ0n) is 12.4. The van der Waals surface area contributed by atoms with E-state index in [0.29, 0.717) is 6.04 Å². The molecular formula is C15H29N3O. The van der Waals surface area contributed by atoms with E-state index in [0.717, 1.165) is 38.1 Å². The van der Waals surface area contributed by atoms with E-state index in [-0.39, 0.29) is 11.8 Å². The van der Waals surface area contributed by atoms with Gasteiger partial charge in [0.1, 0.15) is 0 Å². The Morgan fingerprint density at radius 2 is 2.05 bits per heavy atom. The van der Waals surface area contributed by atoms with E-state index in [1.165, 1.54) is 19.4 Å². The van der Waals surface area contributed by atoms with E-state index in [4.69, 9.17) is 11.5 Å². The summed E-state index contributed by atoms with van der Waals surface area (Å²) in [5.41, 5.74) is 11.0. The summed E-state index contributed by atoms with van der Waals surface area (Å²) in [6, 6.07) is 0.572. The van der Waals surface area contributed by atoms with Gasteiger partial charge in [0.15, 0.2) is 0 Å². The molecule has 4 heteroatoms. The topological polar surface area (TPSA) is 72.3 Å². The van der Waals surface area contributed by atoms with E-state index in [1.54, 1.807) is 0 Å². The van der Waals surface area contributed by atoms with E-state index < -0.39 is 5.54 Å². The zero-order valence-corrected chi connectivity index (χ0v) is 12.4. The van der Waals surface area contributed by atoms with Crippen molar-refractivity contribution < 1.29 is 4.79 Å².